The zero-order valence-electron chi connectivity index (χ0n) is 19.0. The van der Waals surface area contributed by atoms with Gasteiger partial charge in [0.15, 0.2) is 0 Å². The van der Waals surface area contributed by atoms with Crippen LogP contribution in [0.5, 0.6) is 0 Å². The van der Waals surface area contributed by atoms with Crippen LogP contribution in [0.25, 0.3) is 0 Å². The Morgan fingerprint density at radius 2 is 1.53 bits per heavy atom. The second kappa shape index (κ2) is 10.9. The van der Waals surface area contributed by atoms with Crippen LogP contribution < -0.4 is 16.0 Å². The lowest BCUT2D eigenvalue weighted by molar-refractivity contribution is -0.115. The molecule has 1 aliphatic rings. The maximum atomic E-state index is 12.7. The van der Waals surface area contributed by atoms with Crippen molar-refractivity contribution >= 4 is 29.1 Å². The smallest absolute Gasteiger partial charge is 0.251 e. The molecule has 7 nitrogen and oxygen atoms in total. The van der Waals surface area contributed by atoms with Crippen LogP contribution in [0.4, 0.5) is 11.4 Å². The van der Waals surface area contributed by atoms with E-state index in [4.69, 9.17) is 0 Å². The molecule has 1 atom stereocenters. The first-order valence-electron chi connectivity index (χ1n) is 11.1. The zero-order chi connectivity index (χ0) is 23.1. The standard InChI is InChI=1S/C25H32N4O3/c1-17-5-4-10-29(15-17)16-21-8-6-20(7-9-21)14-26-25(32)22-11-23(27-18(2)30)13-24(12-22)28-19(3)31/h6-9,11-13,17H,4-5,10,14-16H2,1-3H3,(H,26,32)(H,27,30)(H,28,31). The first kappa shape index (κ1) is 23.5. The topological polar surface area (TPSA) is 90.5 Å². The summed E-state index contributed by atoms with van der Waals surface area (Å²) in [5, 5.41) is 8.22. The average molecular weight is 437 g/mol. The Balaban J connectivity index is 1.60. The second-order valence-corrected chi connectivity index (χ2v) is 8.64. The summed E-state index contributed by atoms with van der Waals surface area (Å²) in [7, 11) is 0. The van der Waals surface area contributed by atoms with Crippen molar-refractivity contribution in [1.29, 1.82) is 0 Å². The van der Waals surface area contributed by atoms with Crippen molar-refractivity contribution in [3.8, 4) is 0 Å². The molecule has 0 spiro atoms. The molecular formula is C25H32N4O3. The van der Waals surface area contributed by atoms with Gasteiger partial charge in [-0.1, -0.05) is 31.2 Å². The average Bonchev–Trinajstić information content (AvgIpc) is 2.72. The Hall–Kier alpha value is -3.19. The van der Waals surface area contributed by atoms with Crippen LogP contribution in [0, 0.1) is 5.92 Å². The number of benzene rings is 2. The fourth-order valence-electron chi connectivity index (χ4n) is 4.04. The molecule has 3 amide bonds. The molecule has 2 aromatic carbocycles. The van der Waals surface area contributed by atoms with E-state index in [-0.39, 0.29) is 17.7 Å². The highest BCUT2D eigenvalue weighted by molar-refractivity contribution is 5.99. The van der Waals surface area contributed by atoms with Crippen molar-refractivity contribution in [2.24, 2.45) is 5.92 Å². The molecular weight excluding hydrogens is 404 g/mol. The third-order valence-corrected chi connectivity index (χ3v) is 5.46. The summed E-state index contributed by atoms with van der Waals surface area (Å²) in [6.45, 7) is 8.73. The lowest BCUT2D eigenvalue weighted by Gasteiger charge is -2.30. The molecule has 3 N–H and O–H groups in total. The molecule has 1 saturated heterocycles. The Kier molecular flexibility index (Phi) is 8.00. The number of likely N-dealkylation sites (tertiary alicyclic amines) is 1. The van der Waals surface area contributed by atoms with E-state index in [0.717, 1.165) is 31.1 Å². The van der Waals surface area contributed by atoms with E-state index in [9.17, 15) is 14.4 Å². The van der Waals surface area contributed by atoms with Crippen LogP contribution in [-0.2, 0) is 22.7 Å². The van der Waals surface area contributed by atoms with E-state index in [1.54, 1.807) is 18.2 Å². The molecule has 1 unspecified atom stereocenters. The molecule has 0 saturated carbocycles. The molecule has 0 aromatic heterocycles. The molecule has 0 aliphatic carbocycles. The molecule has 0 bridgehead atoms. The van der Waals surface area contributed by atoms with Crippen molar-refractivity contribution in [3.05, 3.63) is 59.2 Å². The van der Waals surface area contributed by atoms with Gasteiger partial charge in [0.25, 0.3) is 5.91 Å². The predicted molar refractivity (Wildman–Crippen MR) is 126 cm³/mol. The highest BCUT2D eigenvalue weighted by Gasteiger charge is 2.16. The minimum atomic E-state index is -0.282. The van der Waals surface area contributed by atoms with Gasteiger partial charge in [0.2, 0.25) is 11.8 Å². The zero-order valence-corrected chi connectivity index (χ0v) is 19.0. The number of nitrogens with zero attached hydrogens (tertiary/aromatic N) is 1. The Labute approximate surface area is 189 Å². The molecule has 3 rings (SSSR count). The van der Waals surface area contributed by atoms with E-state index in [0.29, 0.717) is 23.5 Å². The molecule has 1 heterocycles. The number of carbonyl (C=O) groups is 3. The third-order valence-electron chi connectivity index (χ3n) is 5.46. The summed E-state index contributed by atoms with van der Waals surface area (Å²) in [5.41, 5.74) is 3.54. The van der Waals surface area contributed by atoms with E-state index in [1.165, 1.54) is 32.3 Å². The summed E-state index contributed by atoms with van der Waals surface area (Å²) in [6, 6.07) is 13.1. The van der Waals surface area contributed by atoms with Crippen molar-refractivity contribution < 1.29 is 14.4 Å². The minimum Gasteiger partial charge on any atom is -0.348 e. The molecule has 0 radical (unpaired) electrons. The van der Waals surface area contributed by atoms with Gasteiger partial charge in [0.1, 0.15) is 0 Å². The Morgan fingerprint density at radius 1 is 0.938 bits per heavy atom. The lowest BCUT2D eigenvalue weighted by Crippen LogP contribution is -2.33. The number of piperidine rings is 1. The van der Waals surface area contributed by atoms with Gasteiger partial charge in [-0.15, -0.1) is 0 Å². The maximum absolute atomic E-state index is 12.7. The number of hydrogen-bond acceptors (Lipinski definition) is 4. The van der Waals surface area contributed by atoms with Crippen LogP contribution in [0.2, 0.25) is 0 Å². The minimum absolute atomic E-state index is 0.254. The molecule has 7 heteroatoms. The third kappa shape index (κ3) is 7.20. The largest absolute Gasteiger partial charge is 0.348 e. The Bertz CT molecular complexity index is 937. The van der Waals surface area contributed by atoms with Crippen LogP contribution in [0.1, 0.15) is 55.1 Å². The normalized spacial score (nSPS) is 16.3. The number of anilines is 2. The monoisotopic (exact) mass is 436 g/mol. The van der Waals surface area contributed by atoms with E-state index in [1.807, 2.05) is 12.1 Å². The van der Waals surface area contributed by atoms with E-state index >= 15 is 0 Å². The summed E-state index contributed by atoms with van der Waals surface area (Å²) in [4.78, 5) is 38.0. The van der Waals surface area contributed by atoms with Crippen LogP contribution in [0.3, 0.4) is 0 Å². The van der Waals surface area contributed by atoms with Crippen molar-refractivity contribution in [2.45, 2.75) is 46.7 Å². The fraction of sp³-hybridized carbons (Fsp3) is 0.400. The lowest BCUT2D eigenvalue weighted by atomic mass is 9.99. The molecule has 1 fully saturated rings. The van der Waals surface area contributed by atoms with Gasteiger partial charge in [0.05, 0.1) is 0 Å². The van der Waals surface area contributed by atoms with Crippen LogP contribution in [-0.4, -0.2) is 35.7 Å². The number of carbonyl (C=O) groups excluding carboxylic acids is 3. The van der Waals surface area contributed by atoms with Crippen LogP contribution in [0.15, 0.2) is 42.5 Å². The van der Waals surface area contributed by atoms with Gasteiger partial charge in [-0.25, -0.2) is 0 Å². The molecule has 170 valence electrons. The van der Waals surface area contributed by atoms with E-state index < -0.39 is 0 Å². The first-order valence-corrected chi connectivity index (χ1v) is 11.1. The number of hydrogen-bond donors (Lipinski definition) is 3. The first-order chi connectivity index (χ1) is 15.3. The van der Waals surface area contributed by atoms with Crippen molar-refractivity contribution in [1.82, 2.24) is 10.2 Å². The van der Waals surface area contributed by atoms with Gasteiger partial charge in [0, 0.05) is 50.4 Å². The SMILES string of the molecule is CC(=O)Nc1cc(NC(C)=O)cc(C(=O)NCc2ccc(CN3CCCC(C)C3)cc2)c1. The molecule has 32 heavy (non-hydrogen) atoms. The second-order valence-electron chi connectivity index (χ2n) is 8.64. The Morgan fingerprint density at radius 3 is 2.09 bits per heavy atom. The van der Waals surface area contributed by atoms with Gasteiger partial charge < -0.3 is 16.0 Å². The van der Waals surface area contributed by atoms with Crippen molar-refractivity contribution in [2.75, 3.05) is 23.7 Å². The summed E-state index contributed by atoms with van der Waals surface area (Å²) in [5.74, 6) is -0.0328. The maximum Gasteiger partial charge on any atom is 0.251 e. The predicted octanol–water partition coefficient (Wildman–Crippen LogP) is 3.77. The van der Waals surface area contributed by atoms with Gasteiger partial charge in [-0.2, -0.15) is 0 Å². The van der Waals surface area contributed by atoms with Gasteiger partial charge in [-0.05, 0) is 54.6 Å². The molecule has 1 aliphatic heterocycles. The highest BCUT2D eigenvalue weighted by Crippen LogP contribution is 2.20. The summed E-state index contributed by atoms with van der Waals surface area (Å²) in [6.07, 6.45) is 2.58. The van der Waals surface area contributed by atoms with Crippen LogP contribution >= 0.6 is 0 Å². The summed E-state index contributed by atoms with van der Waals surface area (Å²) < 4.78 is 0. The van der Waals surface area contributed by atoms with Crippen molar-refractivity contribution in [3.63, 3.8) is 0 Å². The highest BCUT2D eigenvalue weighted by atomic mass is 16.2. The summed E-state index contributed by atoms with van der Waals surface area (Å²) >= 11 is 0. The number of amides is 3. The fourth-order valence-corrected chi connectivity index (χ4v) is 4.04. The quantitative estimate of drug-likeness (QED) is 0.616. The number of rotatable bonds is 7. The van der Waals surface area contributed by atoms with E-state index in [2.05, 4.69) is 39.9 Å². The number of nitrogens with one attached hydrogen (secondary N) is 3. The van der Waals surface area contributed by atoms with Gasteiger partial charge in [-0.3, -0.25) is 19.3 Å². The molecule has 2 aromatic rings. The van der Waals surface area contributed by atoms with Gasteiger partial charge >= 0.3 is 0 Å².